The molecule has 4 heterocycles. The average Bonchev–Trinajstić information content (AvgIpc) is 3.78. The lowest BCUT2D eigenvalue weighted by atomic mass is 10.1. The van der Waals surface area contributed by atoms with Gasteiger partial charge in [-0.3, -0.25) is 0 Å². The van der Waals surface area contributed by atoms with Gasteiger partial charge in [0.05, 0.1) is 31.5 Å². The molecule has 0 saturated heterocycles. The van der Waals surface area contributed by atoms with E-state index in [2.05, 4.69) is 158 Å². The number of hydrogen-bond acceptors (Lipinski definition) is 2. The van der Waals surface area contributed by atoms with Crippen molar-refractivity contribution in [1.29, 1.82) is 0 Å². The van der Waals surface area contributed by atoms with Gasteiger partial charge in [0, 0.05) is 42.3 Å². The largest absolute Gasteiger partial charge is 0.308 e. The van der Waals surface area contributed by atoms with Gasteiger partial charge in [0.15, 0.2) is 0 Å². The van der Waals surface area contributed by atoms with Crippen molar-refractivity contribution in [1.82, 2.24) is 9.13 Å². The normalized spacial score (nSPS) is 12.6. The van der Waals surface area contributed by atoms with E-state index in [9.17, 15) is 0 Å². The molecular weight excluding hydrogens is 597 g/mol. The Bertz CT molecular complexity index is 2510. The second-order valence-electron chi connectivity index (χ2n) is 12.3. The second kappa shape index (κ2) is 10.3. The molecule has 9 rings (SSSR count). The predicted molar refractivity (Wildman–Crippen MR) is 205 cm³/mol. The van der Waals surface area contributed by atoms with Crippen molar-refractivity contribution in [2.75, 3.05) is 0 Å². The van der Waals surface area contributed by atoms with Crippen LogP contribution in [-0.2, 0) is 0 Å². The number of aryl methyl sites for hydroxylation is 2. The highest BCUT2D eigenvalue weighted by molar-refractivity contribution is 7.27. The van der Waals surface area contributed by atoms with Crippen molar-refractivity contribution in [3.63, 3.8) is 0 Å². The Morgan fingerprint density at radius 2 is 0.891 bits per heavy atom. The number of hydrogen-bond donors (Lipinski definition) is 0. The van der Waals surface area contributed by atoms with Crippen LogP contribution in [0.1, 0.15) is 36.1 Å². The van der Waals surface area contributed by atoms with E-state index in [0.29, 0.717) is 0 Å². The number of thiophene rings is 2. The summed E-state index contributed by atoms with van der Waals surface area (Å²) in [6.07, 6.45) is 8.60. The SMILES string of the molecule is C/C=C/c1ccc2c(c1)sc1c3cc4c(cc3n(-c3ccc(C)cc3)c21)c1sc2cc(/C=C/C)ccc2c1n4-c1ccc(C)cc1. The van der Waals surface area contributed by atoms with Gasteiger partial charge in [-0.05, 0) is 87.4 Å². The molecule has 4 aromatic heterocycles. The molecule has 222 valence electrons. The maximum Gasteiger partial charge on any atom is 0.0727 e. The number of nitrogens with zero attached hydrogens (tertiary/aromatic N) is 2. The molecule has 0 aliphatic carbocycles. The fourth-order valence-corrected chi connectivity index (χ4v) is 9.60. The van der Waals surface area contributed by atoms with Crippen LogP contribution in [0.25, 0.3) is 85.9 Å². The Balaban J connectivity index is 1.46. The van der Waals surface area contributed by atoms with E-state index in [-0.39, 0.29) is 0 Å². The van der Waals surface area contributed by atoms with Crippen LogP contribution in [0, 0.1) is 13.8 Å². The van der Waals surface area contributed by atoms with E-state index in [1.54, 1.807) is 0 Å². The lowest BCUT2D eigenvalue weighted by Gasteiger charge is -2.10. The third-order valence-corrected chi connectivity index (χ3v) is 11.6. The van der Waals surface area contributed by atoms with Gasteiger partial charge in [0.1, 0.15) is 0 Å². The third kappa shape index (κ3) is 4.00. The molecule has 0 bridgehead atoms. The van der Waals surface area contributed by atoms with Crippen LogP contribution in [0.5, 0.6) is 0 Å². The molecule has 0 aliphatic heterocycles. The van der Waals surface area contributed by atoms with Crippen molar-refractivity contribution >= 4 is 97.2 Å². The molecule has 5 aromatic carbocycles. The van der Waals surface area contributed by atoms with Gasteiger partial charge in [-0.15, -0.1) is 22.7 Å². The smallest absolute Gasteiger partial charge is 0.0727 e. The summed E-state index contributed by atoms with van der Waals surface area (Å²) in [5.74, 6) is 0. The molecule has 0 unspecified atom stereocenters. The molecule has 2 nitrogen and oxygen atoms in total. The standard InChI is InChI=1S/C42H32N2S2/c1-5-7-27-13-19-31-37(21-27)45-41-33-23-36-34(24-35(33)43(39(31)41)29-15-9-25(3)10-16-29)42-40(44(36)30-17-11-26(4)12-18-30)32-20-14-28(8-6-2)22-38(32)46-42/h5-24H,1-4H3/b7-5+,8-6+. The molecule has 9 aromatic rings. The van der Waals surface area contributed by atoms with Gasteiger partial charge < -0.3 is 9.13 Å². The minimum atomic E-state index is 1.20. The molecule has 4 heteroatoms. The lowest BCUT2D eigenvalue weighted by Crippen LogP contribution is -1.95. The molecule has 0 fully saturated rings. The van der Waals surface area contributed by atoms with Crippen molar-refractivity contribution in [3.8, 4) is 11.4 Å². The van der Waals surface area contributed by atoms with E-state index >= 15 is 0 Å². The second-order valence-corrected chi connectivity index (χ2v) is 14.4. The van der Waals surface area contributed by atoms with Gasteiger partial charge in [-0.25, -0.2) is 0 Å². The molecule has 0 aliphatic rings. The molecular formula is C42H32N2S2. The number of allylic oxidation sites excluding steroid dienone is 2. The van der Waals surface area contributed by atoms with Crippen LogP contribution >= 0.6 is 22.7 Å². The monoisotopic (exact) mass is 628 g/mol. The molecule has 46 heavy (non-hydrogen) atoms. The highest BCUT2D eigenvalue weighted by Gasteiger charge is 2.23. The first-order valence-corrected chi connectivity index (χ1v) is 17.5. The van der Waals surface area contributed by atoms with Crippen molar-refractivity contribution < 1.29 is 0 Å². The van der Waals surface area contributed by atoms with E-state index in [1.165, 1.54) is 96.0 Å². The van der Waals surface area contributed by atoms with Gasteiger partial charge in [0.25, 0.3) is 0 Å². The third-order valence-electron chi connectivity index (χ3n) is 9.21. The van der Waals surface area contributed by atoms with E-state index < -0.39 is 0 Å². The lowest BCUT2D eigenvalue weighted by molar-refractivity contribution is 1.18. The fraction of sp³-hybridized carbons (Fsp3) is 0.0952. The molecule has 0 spiro atoms. The first-order chi connectivity index (χ1) is 22.5. The first-order valence-electron chi connectivity index (χ1n) is 15.8. The molecule has 0 saturated carbocycles. The van der Waals surface area contributed by atoms with E-state index in [4.69, 9.17) is 0 Å². The van der Waals surface area contributed by atoms with Crippen molar-refractivity contribution in [2.24, 2.45) is 0 Å². The van der Waals surface area contributed by atoms with Crippen molar-refractivity contribution in [3.05, 3.63) is 131 Å². The zero-order valence-corrected chi connectivity index (χ0v) is 27.9. The Kier molecular flexibility index (Phi) is 6.15. The Morgan fingerprint density at radius 1 is 0.478 bits per heavy atom. The Morgan fingerprint density at radius 3 is 1.28 bits per heavy atom. The number of fused-ring (bicyclic) bond motifs is 10. The average molecular weight is 629 g/mol. The summed E-state index contributed by atoms with van der Waals surface area (Å²) >= 11 is 3.82. The van der Waals surface area contributed by atoms with Crippen LogP contribution in [0.2, 0.25) is 0 Å². The van der Waals surface area contributed by atoms with Crippen LogP contribution in [-0.4, -0.2) is 9.13 Å². The fourth-order valence-electron chi connectivity index (χ4n) is 7.08. The highest BCUT2D eigenvalue weighted by Crippen LogP contribution is 2.48. The predicted octanol–water partition coefficient (Wildman–Crippen LogP) is 13.0. The van der Waals surface area contributed by atoms with Crippen LogP contribution < -0.4 is 0 Å². The Labute approximate surface area is 275 Å². The number of benzene rings is 5. The first kappa shape index (κ1) is 27.4. The maximum absolute atomic E-state index is 2.50. The summed E-state index contributed by atoms with van der Waals surface area (Å²) in [4.78, 5) is 0. The van der Waals surface area contributed by atoms with Gasteiger partial charge in [-0.1, -0.05) is 84.0 Å². The van der Waals surface area contributed by atoms with Gasteiger partial charge in [-0.2, -0.15) is 0 Å². The van der Waals surface area contributed by atoms with E-state index in [1.807, 2.05) is 22.7 Å². The highest BCUT2D eigenvalue weighted by atomic mass is 32.1. The minimum absolute atomic E-state index is 1.20. The van der Waals surface area contributed by atoms with Crippen LogP contribution in [0.3, 0.4) is 0 Å². The van der Waals surface area contributed by atoms with Gasteiger partial charge >= 0.3 is 0 Å². The zero-order chi connectivity index (χ0) is 31.1. The Hall–Kier alpha value is -4.90. The summed E-state index contributed by atoms with van der Waals surface area (Å²) in [6, 6.07) is 36.7. The summed E-state index contributed by atoms with van der Waals surface area (Å²) in [6.45, 7) is 8.48. The summed E-state index contributed by atoms with van der Waals surface area (Å²) in [5.41, 5.74) is 12.5. The molecule has 0 amide bonds. The summed E-state index contributed by atoms with van der Waals surface area (Å²) in [5, 5.41) is 5.21. The van der Waals surface area contributed by atoms with E-state index in [0.717, 1.165) is 0 Å². The quantitative estimate of drug-likeness (QED) is 0.183. The molecule has 0 radical (unpaired) electrons. The minimum Gasteiger partial charge on any atom is -0.308 e. The summed E-state index contributed by atoms with van der Waals surface area (Å²) < 4.78 is 10.3. The van der Waals surface area contributed by atoms with Crippen molar-refractivity contribution in [2.45, 2.75) is 27.7 Å². The van der Waals surface area contributed by atoms with Crippen LogP contribution in [0.4, 0.5) is 0 Å². The topological polar surface area (TPSA) is 9.86 Å². The summed E-state index contributed by atoms with van der Waals surface area (Å²) in [7, 11) is 0. The van der Waals surface area contributed by atoms with Gasteiger partial charge in [0.2, 0.25) is 0 Å². The molecule has 0 N–H and O–H groups in total. The number of aromatic nitrogens is 2. The number of rotatable bonds is 4. The molecule has 0 atom stereocenters. The zero-order valence-electron chi connectivity index (χ0n) is 26.3. The maximum atomic E-state index is 2.50. The van der Waals surface area contributed by atoms with Crippen LogP contribution in [0.15, 0.2) is 109 Å².